The van der Waals surface area contributed by atoms with E-state index in [1.165, 1.54) is 0 Å². The first-order valence-electron chi connectivity index (χ1n) is 5.89. The van der Waals surface area contributed by atoms with E-state index in [2.05, 4.69) is 9.97 Å². The summed E-state index contributed by atoms with van der Waals surface area (Å²) in [7, 11) is 0. The van der Waals surface area contributed by atoms with Gasteiger partial charge in [-0.15, -0.1) is 0 Å². The zero-order valence-corrected chi connectivity index (χ0v) is 10.8. The summed E-state index contributed by atoms with van der Waals surface area (Å²) in [5.74, 6) is 1.50. The first-order chi connectivity index (χ1) is 8.69. The van der Waals surface area contributed by atoms with E-state index in [0.717, 1.165) is 16.9 Å². The molecule has 0 spiro atoms. The normalized spacial score (nSPS) is 10.2. The first-order valence-corrected chi connectivity index (χ1v) is 5.89. The second kappa shape index (κ2) is 5.49. The molecule has 0 saturated heterocycles. The van der Waals surface area contributed by atoms with Crippen molar-refractivity contribution < 1.29 is 9.47 Å². The molecule has 0 fully saturated rings. The second-order valence-electron chi connectivity index (χ2n) is 4.01. The van der Waals surface area contributed by atoms with Gasteiger partial charge in [-0.3, -0.25) is 0 Å². The van der Waals surface area contributed by atoms with Gasteiger partial charge in [0.05, 0.1) is 6.61 Å². The highest BCUT2D eigenvalue weighted by Gasteiger charge is 2.04. The van der Waals surface area contributed by atoms with Crippen LogP contribution in [0.3, 0.4) is 0 Å². The Labute approximate surface area is 107 Å². The Kier molecular flexibility index (Phi) is 3.77. The van der Waals surface area contributed by atoms with E-state index in [9.17, 15) is 0 Å². The van der Waals surface area contributed by atoms with Gasteiger partial charge in [0.1, 0.15) is 11.5 Å². The Hall–Kier alpha value is -2.10. The molecule has 1 aromatic heterocycles. The molecule has 0 amide bonds. The van der Waals surface area contributed by atoms with Crippen LogP contribution in [0.2, 0.25) is 0 Å². The minimum Gasteiger partial charge on any atom is -0.493 e. The van der Waals surface area contributed by atoms with Crippen molar-refractivity contribution in [2.45, 2.75) is 20.8 Å². The van der Waals surface area contributed by atoms with E-state index in [4.69, 9.17) is 9.47 Å². The predicted molar refractivity (Wildman–Crippen MR) is 69.2 cm³/mol. The maximum atomic E-state index is 5.57. The minimum atomic E-state index is 0.340. The second-order valence-corrected chi connectivity index (χ2v) is 4.01. The van der Waals surface area contributed by atoms with Crippen LogP contribution in [0, 0.1) is 13.8 Å². The van der Waals surface area contributed by atoms with E-state index in [-0.39, 0.29) is 0 Å². The Balaban J connectivity index is 2.18. The first kappa shape index (κ1) is 12.4. The lowest BCUT2D eigenvalue weighted by molar-refractivity contribution is 0.335. The Bertz CT molecular complexity index is 524. The van der Waals surface area contributed by atoms with Crippen molar-refractivity contribution in [3.05, 3.63) is 41.7 Å². The fourth-order valence-corrected chi connectivity index (χ4v) is 1.49. The third-order valence-corrected chi connectivity index (χ3v) is 2.43. The van der Waals surface area contributed by atoms with Crippen molar-refractivity contribution in [3.63, 3.8) is 0 Å². The van der Waals surface area contributed by atoms with E-state index in [0.29, 0.717) is 18.4 Å². The fourth-order valence-electron chi connectivity index (χ4n) is 1.49. The molecule has 2 aromatic rings. The van der Waals surface area contributed by atoms with Crippen molar-refractivity contribution in [1.29, 1.82) is 0 Å². The highest BCUT2D eigenvalue weighted by molar-refractivity contribution is 5.40. The van der Waals surface area contributed by atoms with E-state index < -0.39 is 0 Å². The number of nitrogens with zero attached hydrogens (tertiary/aromatic N) is 2. The molecule has 0 aliphatic carbocycles. The monoisotopic (exact) mass is 244 g/mol. The topological polar surface area (TPSA) is 44.2 Å². The number of aryl methyl sites for hydroxylation is 2. The zero-order chi connectivity index (χ0) is 13.0. The number of rotatable bonds is 4. The smallest absolute Gasteiger partial charge is 0.321 e. The summed E-state index contributed by atoms with van der Waals surface area (Å²) >= 11 is 0. The third kappa shape index (κ3) is 2.97. The SMILES string of the molecule is CCOc1cc(Oc2ncc(C)cn2)ccc1C. The van der Waals surface area contributed by atoms with Gasteiger partial charge in [0.15, 0.2) is 0 Å². The van der Waals surface area contributed by atoms with Crippen LogP contribution in [0.4, 0.5) is 0 Å². The van der Waals surface area contributed by atoms with Crippen LogP contribution in [0.1, 0.15) is 18.1 Å². The average Bonchev–Trinajstić information content (AvgIpc) is 2.37. The van der Waals surface area contributed by atoms with Crippen molar-refractivity contribution in [2.75, 3.05) is 6.61 Å². The van der Waals surface area contributed by atoms with Crippen molar-refractivity contribution in [3.8, 4) is 17.5 Å². The maximum absolute atomic E-state index is 5.57. The molecule has 0 atom stereocenters. The van der Waals surface area contributed by atoms with Crippen LogP contribution in [0.15, 0.2) is 30.6 Å². The van der Waals surface area contributed by atoms with Gasteiger partial charge in [0.2, 0.25) is 0 Å². The quantitative estimate of drug-likeness (QED) is 0.827. The molecular weight excluding hydrogens is 228 g/mol. The highest BCUT2D eigenvalue weighted by Crippen LogP contribution is 2.26. The molecule has 18 heavy (non-hydrogen) atoms. The number of hydrogen-bond acceptors (Lipinski definition) is 4. The van der Waals surface area contributed by atoms with Gasteiger partial charge in [-0.05, 0) is 38.0 Å². The lowest BCUT2D eigenvalue weighted by atomic mass is 10.2. The van der Waals surface area contributed by atoms with Crippen LogP contribution in [-0.2, 0) is 0 Å². The molecular formula is C14H16N2O2. The highest BCUT2D eigenvalue weighted by atomic mass is 16.5. The fraction of sp³-hybridized carbons (Fsp3) is 0.286. The molecule has 0 radical (unpaired) electrons. The van der Waals surface area contributed by atoms with E-state index >= 15 is 0 Å². The Morgan fingerprint density at radius 1 is 1.11 bits per heavy atom. The van der Waals surface area contributed by atoms with Crippen LogP contribution < -0.4 is 9.47 Å². The molecule has 4 heteroatoms. The summed E-state index contributed by atoms with van der Waals surface area (Å²) in [5.41, 5.74) is 2.08. The molecule has 4 nitrogen and oxygen atoms in total. The standard InChI is InChI=1S/C14H16N2O2/c1-4-17-13-7-12(6-5-11(13)3)18-14-15-8-10(2)9-16-14/h5-9H,4H2,1-3H3. The number of benzene rings is 1. The van der Waals surface area contributed by atoms with Gasteiger partial charge in [0, 0.05) is 18.5 Å². The molecule has 1 aromatic carbocycles. The molecule has 1 heterocycles. The largest absolute Gasteiger partial charge is 0.493 e. The van der Waals surface area contributed by atoms with Gasteiger partial charge in [-0.25, -0.2) is 9.97 Å². The summed E-state index contributed by atoms with van der Waals surface area (Å²) in [6.45, 7) is 6.52. The van der Waals surface area contributed by atoms with Gasteiger partial charge < -0.3 is 9.47 Å². The molecule has 0 unspecified atom stereocenters. The van der Waals surface area contributed by atoms with Crippen LogP contribution in [0.25, 0.3) is 0 Å². The molecule has 0 bridgehead atoms. The summed E-state index contributed by atoms with van der Waals surface area (Å²) in [6, 6.07) is 6.02. The van der Waals surface area contributed by atoms with Gasteiger partial charge in [-0.2, -0.15) is 0 Å². The zero-order valence-electron chi connectivity index (χ0n) is 10.8. The molecule has 0 N–H and O–H groups in total. The van der Waals surface area contributed by atoms with Crippen LogP contribution in [0.5, 0.6) is 17.5 Å². The number of ether oxygens (including phenoxy) is 2. The summed E-state index contributed by atoms with van der Waals surface area (Å²) < 4.78 is 11.1. The predicted octanol–water partition coefficient (Wildman–Crippen LogP) is 3.28. The summed E-state index contributed by atoms with van der Waals surface area (Å²) in [4.78, 5) is 8.19. The number of aromatic nitrogens is 2. The Morgan fingerprint density at radius 2 is 1.83 bits per heavy atom. The minimum absolute atomic E-state index is 0.340. The lowest BCUT2D eigenvalue weighted by Gasteiger charge is -2.09. The molecule has 0 saturated carbocycles. The van der Waals surface area contributed by atoms with Crippen molar-refractivity contribution in [2.24, 2.45) is 0 Å². The maximum Gasteiger partial charge on any atom is 0.321 e. The number of hydrogen-bond donors (Lipinski definition) is 0. The van der Waals surface area contributed by atoms with E-state index in [1.54, 1.807) is 12.4 Å². The van der Waals surface area contributed by atoms with Crippen LogP contribution >= 0.6 is 0 Å². The van der Waals surface area contributed by atoms with Gasteiger partial charge >= 0.3 is 6.01 Å². The summed E-state index contributed by atoms with van der Waals surface area (Å²) in [6.07, 6.45) is 3.44. The van der Waals surface area contributed by atoms with Crippen LogP contribution in [-0.4, -0.2) is 16.6 Å². The molecule has 2 rings (SSSR count). The van der Waals surface area contributed by atoms with E-state index in [1.807, 2.05) is 39.0 Å². The van der Waals surface area contributed by atoms with Crippen molar-refractivity contribution >= 4 is 0 Å². The summed E-state index contributed by atoms with van der Waals surface area (Å²) in [5, 5.41) is 0. The average molecular weight is 244 g/mol. The third-order valence-electron chi connectivity index (χ3n) is 2.43. The molecule has 94 valence electrons. The van der Waals surface area contributed by atoms with Gasteiger partial charge in [0.25, 0.3) is 0 Å². The van der Waals surface area contributed by atoms with Crippen molar-refractivity contribution in [1.82, 2.24) is 9.97 Å². The molecule has 0 aliphatic rings. The Morgan fingerprint density at radius 3 is 2.50 bits per heavy atom. The lowest BCUT2D eigenvalue weighted by Crippen LogP contribution is -1.96. The van der Waals surface area contributed by atoms with Gasteiger partial charge in [-0.1, -0.05) is 6.07 Å². The molecule has 0 aliphatic heterocycles.